The fourth-order valence-corrected chi connectivity index (χ4v) is 5.30. The van der Waals surface area contributed by atoms with Gasteiger partial charge in [0.2, 0.25) is 0 Å². The fraction of sp³-hybridized carbons (Fsp3) is 0.476. The Bertz CT molecular complexity index is 791. The number of hydrogen-bond acceptors (Lipinski definition) is 3. The molecule has 0 radical (unpaired) electrons. The molecular formula is C21H27BrN2O2S. The minimum absolute atomic E-state index is 0. The Morgan fingerprint density at radius 3 is 2.52 bits per heavy atom. The number of anilines is 1. The highest BCUT2D eigenvalue weighted by molar-refractivity contribution is 7.08. The topological polar surface area (TPSA) is 38.3 Å². The summed E-state index contributed by atoms with van der Waals surface area (Å²) in [7, 11) is 4.64. The van der Waals surface area contributed by atoms with E-state index in [-0.39, 0.29) is 29.2 Å². The van der Waals surface area contributed by atoms with Crippen molar-refractivity contribution in [2.75, 3.05) is 19.4 Å². The van der Waals surface area contributed by atoms with E-state index < -0.39 is 0 Å². The molecule has 2 aromatic rings. The lowest BCUT2D eigenvalue weighted by Crippen LogP contribution is -3.00. The van der Waals surface area contributed by atoms with Crippen LogP contribution in [0.25, 0.3) is 11.1 Å². The van der Waals surface area contributed by atoms with Crippen LogP contribution in [0.5, 0.6) is 0 Å². The van der Waals surface area contributed by atoms with E-state index in [1.165, 1.54) is 18.4 Å². The van der Waals surface area contributed by atoms with Crippen LogP contribution in [0.1, 0.15) is 31.2 Å². The van der Waals surface area contributed by atoms with Crippen molar-refractivity contribution in [3.63, 3.8) is 0 Å². The monoisotopic (exact) mass is 450 g/mol. The van der Waals surface area contributed by atoms with Gasteiger partial charge in [-0.25, -0.2) is 4.79 Å². The van der Waals surface area contributed by atoms with Crippen LogP contribution < -0.4 is 22.3 Å². The van der Waals surface area contributed by atoms with Gasteiger partial charge in [0, 0.05) is 31.2 Å². The average Bonchev–Trinajstić information content (AvgIpc) is 3.13. The maximum Gasteiger partial charge on any atom is 0.411 e. The number of nitrogens with zero attached hydrogens (tertiary/aromatic N) is 1. The van der Waals surface area contributed by atoms with Crippen LogP contribution in [0.4, 0.5) is 10.5 Å². The zero-order valence-corrected chi connectivity index (χ0v) is 18.5. The summed E-state index contributed by atoms with van der Waals surface area (Å²) in [6, 6.07) is 9.41. The Hall–Kier alpha value is -1.37. The van der Waals surface area contributed by atoms with Gasteiger partial charge in [0.05, 0.1) is 31.9 Å². The van der Waals surface area contributed by atoms with Crippen molar-refractivity contribution >= 4 is 23.1 Å². The molecule has 1 amide bonds. The summed E-state index contributed by atoms with van der Waals surface area (Å²) in [5.74, 6) is 0. The number of hydrogen-bond donors (Lipinski definition) is 1. The quantitative estimate of drug-likeness (QED) is 0.726. The summed E-state index contributed by atoms with van der Waals surface area (Å²) < 4.78 is 6.90. The van der Waals surface area contributed by atoms with E-state index in [1.807, 2.05) is 12.1 Å². The van der Waals surface area contributed by atoms with Gasteiger partial charge >= 0.3 is 6.09 Å². The molecule has 2 unspecified atom stereocenters. The zero-order valence-electron chi connectivity index (χ0n) is 16.1. The molecule has 1 aromatic heterocycles. The number of carbonyl (C=O) groups excluding carboxylic acids is 1. The van der Waals surface area contributed by atoms with Crippen LogP contribution in [0.15, 0.2) is 35.0 Å². The number of nitrogens with one attached hydrogen (secondary N) is 1. The Balaban J connectivity index is 0.00000210. The summed E-state index contributed by atoms with van der Waals surface area (Å²) >= 11 is 1.66. The number of thiophene rings is 1. The lowest BCUT2D eigenvalue weighted by Gasteiger charge is -2.43. The van der Waals surface area contributed by atoms with Crippen LogP contribution >= 0.6 is 11.3 Å². The SMILES string of the molecule is Cc1ccc(NC(=O)OC2CC3CCC(C2)[N+]3(C)C)c(-c2ccsc2)c1.[Br-]. The van der Waals surface area contributed by atoms with Crippen molar-refractivity contribution in [3.05, 3.63) is 40.6 Å². The van der Waals surface area contributed by atoms with Crippen LogP contribution in [0, 0.1) is 6.92 Å². The minimum Gasteiger partial charge on any atom is -1.00 e. The van der Waals surface area contributed by atoms with Crippen molar-refractivity contribution in [3.8, 4) is 11.1 Å². The van der Waals surface area contributed by atoms with Crippen LogP contribution in [-0.4, -0.2) is 42.9 Å². The van der Waals surface area contributed by atoms with Gasteiger partial charge in [0.1, 0.15) is 6.10 Å². The second-order valence-electron chi connectivity index (χ2n) is 8.20. The number of piperidine rings is 1. The number of amides is 1. The number of quaternary nitrogens is 1. The number of aryl methyl sites for hydroxylation is 1. The van der Waals surface area contributed by atoms with Gasteiger partial charge in [-0.1, -0.05) is 11.6 Å². The predicted molar refractivity (Wildman–Crippen MR) is 107 cm³/mol. The Morgan fingerprint density at radius 1 is 1.19 bits per heavy atom. The normalized spacial score (nSPS) is 25.5. The van der Waals surface area contributed by atoms with E-state index in [0.717, 1.165) is 34.1 Å². The molecule has 27 heavy (non-hydrogen) atoms. The van der Waals surface area contributed by atoms with E-state index in [1.54, 1.807) is 11.3 Å². The second-order valence-corrected chi connectivity index (χ2v) is 8.98. The Kier molecular flexibility index (Phi) is 5.99. The summed E-state index contributed by atoms with van der Waals surface area (Å²) in [6.45, 7) is 2.07. The van der Waals surface area contributed by atoms with Gasteiger partial charge in [0.25, 0.3) is 0 Å². The number of halogens is 1. The number of carbonyl (C=O) groups is 1. The molecule has 1 aromatic carbocycles. The van der Waals surface area contributed by atoms with Gasteiger partial charge in [-0.3, -0.25) is 5.32 Å². The van der Waals surface area contributed by atoms with Crippen molar-refractivity contribution in [2.45, 2.75) is 50.8 Å². The third-order valence-electron chi connectivity index (χ3n) is 6.30. The molecule has 1 N–H and O–H groups in total. The van der Waals surface area contributed by atoms with E-state index >= 15 is 0 Å². The largest absolute Gasteiger partial charge is 1.00 e. The van der Waals surface area contributed by atoms with Crippen molar-refractivity contribution in [1.82, 2.24) is 0 Å². The molecule has 4 rings (SSSR count). The highest BCUT2D eigenvalue weighted by Crippen LogP contribution is 2.40. The number of ether oxygens (including phenoxy) is 1. The Labute approximate surface area is 175 Å². The van der Waals surface area contributed by atoms with Gasteiger partial charge in [-0.05, 0) is 41.4 Å². The number of benzene rings is 1. The molecule has 2 atom stereocenters. The third kappa shape index (κ3) is 4.08. The van der Waals surface area contributed by atoms with Gasteiger partial charge in [-0.2, -0.15) is 11.3 Å². The molecule has 0 saturated carbocycles. The van der Waals surface area contributed by atoms with Crippen molar-refractivity contribution < 1.29 is 31.0 Å². The first kappa shape index (κ1) is 20.4. The molecule has 4 nitrogen and oxygen atoms in total. The first-order valence-corrected chi connectivity index (χ1v) is 10.3. The van der Waals surface area contributed by atoms with E-state index in [9.17, 15) is 4.79 Å². The molecule has 146 valence electrons. The van der Waals surface area contributed by atoms with E-state index in [4.69, 9.17) is 4.74 Å². The highest BCUT2D eigenvalue weighted by atomic mass is 79.9. The molecule has 3 heterocycles. The summed E-state index contributed by atoms with van der Waals surface area (Å²) in [5, 5.41) is 7.14. The first-order chi connectivity index (χ1) is 12.4. The molecule has 2 aliphatic heterocycles. The summed E-state index contributed by atoms with van der Waals surface area (Å²) in [4.78, 5) is 12.5. The predicted octanol–water partition coefficient (Wildman–Crippen LogP) is 2.05. The van der Waals surface area contributed by atoms with Gasteiger partial charge < -0.3 is 26.2 Å². The van der Waals surface area contributed by atoms with Crippen molar-refractivity contribution in [1.29, 1.82) is 0 Å². The van der Waals surface area contributed by atoms with Gasteiger partial charge in [-0.15, -0.1) is 0 Å². The standard InChI is InChI=1S/C21H26N2O2S.BrH/c1-14-4-7-20(19(10-14)15-8-9-26-13-15)22-21(24)25-18-11-16-5-6-17(12-18)23(16,2)3;/h4,7-10,13,16-18H,5-6,11-12H2,1-3H3;1H. The molecule has 0 spiro atoms. The van der Waals surface area contributed by atoms with Crippen LogP contribution in [0.3, 0.4) is 0 Å². The van der Waals surface area contributed by atoms with E-state index in [0.29, 0.717) is 12.1 Å². The minimum atomic E-state index is -0.332. The van der Waals surface area contributed by atoms with Crippen molar-refractivity contribution in [2.24, 2.45) is 0 Å². The average molecular weight is 451 g/mol. The highest BCUT2D eigenvalue weighted by Gasteiger charge is 2.49. The molecule has 2 fully saturated rings. The molecule has 2 bridgehead atoms. The van der Waals surface area contributed by atoms with Crippen LogP contribution in [-0.2, 0) is 4.74 Å². The molecule has 6 heteroatoms. The lowest BCUT2D eigenvalue weighted by atomic mass is 9.98. The number of rotatable bonds is 3. The maximum absolute atomic E-state index is 12.5. The van der Waals surface area contributed by atoms with E-state index in [2.05, 4.69) is 49.2 Å². The van der Waals surface area contributed by atoms with Crippen LogP contribution in [0.2, 0.25) is 0 Å². The fourth-order valence-electron chi connectivity index (χ4n) is 4.64. The lowest BCUT2D eigenvalue weighted by molar-refractivity contribution is -0.931. The summed E-state index contributed by atoms with van der Waals surface area (Å²) in [6.07, 6.45) is 4.15. The molecule has 2 saturated heterocycles. The summed E-state index contributed by atoms with van der Waals surface area (Å²) in [5.41, 5.74) is 4.16. The third-order valence-corrected chi connectivity index (χ3v) is 6.99. The first-order valence-electron chi connectivity index (χ1n) is 9.37. The van der Waals surface area contributed by atoms with Gasteiger partial charge in [0.15, 0.2) is 0 Å². The Morgan fingerprint density at radius 2 is 1.89 bits per heavy atom. The maximum atomic E-state index is 12.5. The smallest absolute Gasteiger partial charge is 0.411 e. The molecule has 0 aliphatic carbocycles. The second kappa shape index (κ2) is 7.94. The number of fused-ring (bicyclic) bond motifs is 2. The zero-order chi connectivity index (χ0) is 18.3. The molecular weight excluding hydrogens is 424 g/mol. The molecule has 2 aliphatic rings.